The normalized spacial score (nSPS) is 30.2. The molecule has 10 heteroatoms. The quantitative estimate of drug-likeness (QED) is 0.331. The minimum atomic E-state index is -1.42. The summed E-state index contributed by atoms with van der Waals surface area (Å²) in [5, 5.41) is 46.8. The molecule has 8 nitrogen and oxygen atoms in total. The van der Waals surface area contributed by atoms with E-state index in [4.69, 9.17) is 27.9 Å². The van der Waals surface area contributed by atoms with Crippen molar-refractivity contribution >= 4 is 28.9 Å². The van der Waals surface area contributed by atoms with E-state index in [2.05, 4.69) is 34.7 Å². The van der Waals surface area contributed by atoms with Crippen molar-refractivity contribution < 1.29 is 25.2 Å². The van der Waals surface area contributed by atoms with Gasteiger partial charge in [0.1, 0.15) is 30.6 Å². The van der Waals surface area contributed by atoms with Crippen LogP contribution in [0.15, 0.2) is 36.4 Å². The molecule has 2 aromatic rings. The largest absolute Gasteiger partial charge is 0.394 e. The van der Waals surface area contributed by atoms with Gasteiger partial charge in [-0.15, -0.1) is 0 Å². The molecule has 0 bridgehead atoms. The molecule has 6 N–H and O–H groups in total. The van der Waals surface area contributed by atoms with Crippen LogP contribution in [0.2, 0.25) is 10.0 Å². The molecule has 0 aromatic heterocycles. The zero-order chi connectivity index (χ0) is 23.7. The van der Waals surface area contributed by atoms with E-state index >= 15 is 0 Å². The molecule has 0 aliphatic carbocycles. The van der Waals surface area contributed by atoms with Gasteiger partial charge in [0.2, 0.25) is 0 Å². The number of nitrogens with zero attached hydrogens (tertiary/aromatic N) is 1. The first-order chi connectivity index (χ1) is 15.8. The van der Waals surface area contributed by atoms with Crippen molar-refractivity contribution in [3.63, 3.8) is 0 Å². The molecule has 33 heavy (non-hydrogen) atoms. The minimum absolute atomic E-state index is 0.107. The zero-order valence-corrected chi connectivity index (χ0v) is 19.7. The number of likely N-dealkylation sites (N-methyl/N-ethyl adjacent to an activating group) is 1. The number of ether oxygens (including phenoxy) is 1. The lowest BCUT2D eigenvalue weighted by Crippen LogP contribution is -2.62. The molecule has 2 aliphatic heterocycles. The fourth-order valence-corrected chi connectivity index (χ4v) is 5.09. The Bertz CT molecular complexity index is 979. The molecular formula is C23H29Cl2N3O5. The van der Waals surface area contributed by atoms with Crippen molar-refractivity contribution in [2.75, 3.05) is 32.2 Å². The van der Waals surface area contributed by atoms with Crippen molar-refractivity contribution in [2.24, 2.45) is 0 Å². The predicted octanol–water partition coefficient (Wildman–Crippen LogP) is 1.33. The number of hydrogen-bond acceptors (Lipinski definition) is 8. The Morgan fingerprint density at radius 1 is 1.09 bits per heavy atom. The van der Waals surface area contributed by atoms with Gasteiger partial charge in [-0.05, 0) is 48.0 Å². The summed E-state index contributed by atoms with van der Waals surface area (Å²) in [5.41, 5.74) is 4.18. The Hall–Kier alpha value is -1.46. The highest BCUT2D eigenvalue weighted by Gasteiger charge is 2.43. The average Bonchev–Trinajstić information content (AvgIpc) is 2.79. The van der Waals surface area contributed by atoms with E-state index in [1.807, 2.05) is 18.2 Å². The third-order valence-corrected chi connectivity index (χ3v) is 6.82. The predicted molar refractivity (Wildman–Crippen MR) is 126 cm³/mol. The SMILES string of the molecule is CN1Cc2c(Cl)cc(Cl)cc2[C@H](c2cccc(NCN[C@@H]3O[C@H](CO)[C@@H](O)[C@H](O)[C@H]3O)c2)C1. The van der Waals surface area contributed by atoms with Crippen LogP contribution in [-0.4, -0.2) is 82.8 Å². The number of benzene rings is 2. The van der Waals surface area contributed by atoms with Crippen molar-refractivity contribution in [3.05, 3.63) is 63.1 Å². The summed E-state index contributed by atoms with van der Waals surface area (Å²) in [4.78, 5) is 2.23. The molecule has 0 spiro atoms. The number of fused-ring (bicyclic) bond motifs is 1. The highest BCUT2D eigenvalue weighted by atomic mass is 35.5. The van der Waals surface area contributed by atoms with Gasteiger partial charge >= 0.3 is 0 Å². The summed E-state index contributed by atoms with van der Waals surface area (Å²) in [6.45, 7) is 1.36. The van der Waals surface area contributed by atoms with E-state index in [9.17, 15) is 20.4 Å². The number of halogens is 2. The Balaban J connectivity index is 1.45. The van der Waals surface area contributed by atoms with E-state index in [0.29, 0.717) is 10.0 Å². The van der Waals surface area contributed by atoms with E-state index in [1.165, 1.54) is 0 Å². The standard InChI is InChI=1S/C23H29Cl2N3O5/c1-28-8-16(15-6-13(24)7-18(25)17(15)9-28)12-3-2-4-14(5-12)26-11-27-23-22(32)21(31)20(30)19(10-29)33-23/h2-7,16,19-23,26-27,29-32H,8-11H2,1H3/t16-,19+,20+,21-,22+,23+/m0/s1. The van der Waals surface area contributed by atoms with Crippen molar-refractivity contribution in [1.29, 1.82) is 0 Å². The van der Waals surface area contributed by atoms with Crippen molar-refractivity contribution in [3.8, 4) is 0 Å². The lowest BCUT2D eigenvalue weighted by atomic mass is 9.84. The van der Waals surface area contributed by atoms with Gasteiger partial charge in [-0.25, -0.2) is 0 Å². The summed E-state index contributed by atoms with van der Waals surface area (Å²) in [6.07, 6.45) is -6.03. The molecule has 0 amide bonds. The maximum atomic E-state index is 10.2. The van der Waals surface area contributed by atoms with E-state index in [-0.39, 0.29) is 12.6 Å². The van der Waals surface area contributed by atoms with Crippen LogP contribution in [0.25, 0.3) is 0 Å². The summed E-state index contributed by atoms with van der Waals surface area (Å²) in [7, 11) is 2.06. The molecule has 0 radical (unpaired) electrons. The van der Waals surface area contributed by atoms with Gasteiger partial charge in [-0.3, -0.25) is 5.32 Å². The fourth-order valence-electron chi connectivity index (χ4n) is 4.52. The number of aliphatic hydroxyl groups excluding tert-OH is 4. The van der Waals surface area contributed by atoms with Gasteiger partial charge < -0.3 is 35.4 Å². The minimum Gasteiger partial charge on any atom is -0.394 e. The van der Waals surface area contributed by atoms with Crippen LogP contribution in [0.5, 0.6) is 0 Å². The maximum Gasteiger partial charge on any atom is 0.138 e. The van der Waals surface area contributed by atoms with Crippen molar-refractivity contribution in [1.82, 2.24) is 10.2 Å². The summed E-state index contributed by atoms with van der Waals surface area (Å²) in [6, 6.07) is 11.8. The Morgan fingerprint density at radius 3 is 2.64 bits per heavy atom. The molecule has 1 saturated heterocycles. The van der Waals surface area contributed by atoms with Crippen LogP contribution < -0.4 is 10.6 Å². The van der Waals surface area contributed by atoms with Crippen LogP contribution in [-0.2, 0) is 11.3 Å². The third kappa shape index (κ3) is 5.30. The van der Waals surface area contributed by atoms with Gasteiger partial charge in [0.15, 0.2) is 0 Å². The smallest absolute Gasteiger partial charge is 0.138 e. The van der Waals surface area contributed by atoms with E-state index in [1.54, 1.807) is 6.07 Å². The number of hydrogen-bond donors (Lipinski definition) is 6. The fraction of sp³-hybridized carbons (Fsp3) is 0.478. The summed E-state index contributed by atoms with van der Waals surface area (Å²) < 4.78 is 5.47. The second kappa shape index (κ2) is 10.4. The molecule has 2 heterocycles. The maximum absolute atomic E-state index is 10.2. The highest BCUT2D eigenvalue weighted by Crippen LogP contribution is 2.38. The van der Waals surface area contributed by atoms with Gasteiger partial charge in [-0.1, -0.05) is 35.3 Å². The first kappa shape index (κ1) is 24.7. The first-order valence-electron chi connectivity index (χ1n) is 10.8. The molecule has 2 aliphatic rings. The first-order valence-corrected chi connectivity index (χ1v) is 11.6. The average molecular weight is 498 g/mol. The van der Waals surface area contributed by atoms with Crippen LogP contribution in [0.4, 0.5) is 5.69 Å². The second-order valence-corrected chi connectivity index (χ2v) is 9.48. The third-order valence-electron chi connectivity index (χ3n) is 6.27. The van der Waals surface area contributed by atoms with Crippen LogP contribution >= 0.6 is 23.2 Å². The number of nitrogens with one attached hydrogen (secondary N) is 2. The molecular weight excluding hydrogens is 469 g/mol. The van der Waals surface area contributed by atoms with Crippen molar-refractivity contribution in [2.45, 2.75) is 43.1 Å². The molecule has 180 valence electrons. The van der Waals surface area contributed by atoms with Gasteiger partial charge in [0, 0.05) is 34.7 Å². The lowest BCUT2D eigenvalue weighted by molar-refractivity contribution is -0.236. The molecule has 4 rings (SSSR count). The Morgan fingerprint density at radius 2 is 1.88 bits per heavy atom. The Kier molecular flexibility index (Phi) is 7.80. The monoisotopic (exact) mass is 497 g/mol. The molecule has 0 unspecified atom stereocenters. The summed E-state index contributed by atoms with van der Waals surface area (Å²) >= 11 is 12.8. The van der Waals surface area contributed by atoms with Gasteiger partial charge in [-0.2, -0.15) is 0 Å². The van der Waals surface area contributed by atoms with E-state index in [0.717, 1.165) is 35.5 Å². The number of rotatable bonds is 6. The van der Waals surface area contributed by atoms with E-state index < -0.39 is 37.3 Å². The zero-order valence-electron chi connectivity index (χ0n) is 18.2. The topological polar surface area (TPSA) is 117 Å². The van der Waals surface area contributed by atoms with Crippen LogP contribution in [0, 0.1) is 0 Å². The number of aliphatic hydroxyl groups is 4. The number of anilines is 1. The second-order valence-electron chi connectivity index (χ2n) is 8.64. The van der Waals surface area contributed by atoms with Crippen LogP contribution in [0.3, 0.4) is 0 Å². The molecule has 1 fully saturated rings. The molecule has 2 aromatic carbocycles. The van der Waals surface area contributed by atoms with Crippen LogP contribution in [0.1, 0.15) is 22.6 Å². The summed E-state index contributed by atoms with van der Waals surface area (Å²) in [5.74, 6) is 0.107. The van der Waals surface area contributed by atoms with Gasteiger partial charge in [0.05, 0.1) is 13.3 Å². The molecule has 0 saturated carbocycles. The molecule has 6 atom stereocenters. The lowest BCUT2D eigenvalue weighted by Gasteiger charge is -2.40. The van der Waals surface area contributed by atoms with Gasteiger partial charge in [0.25, 0.3) is 0 Å². The highest BCUT2D eigenvalue weighted by molar-refractivity contribution is 6.35. The Labute approximate surface area is 202 Å².